The molecule has 0 aliphatic carbocycles. The van der Waals surface area contributed by atoms with Crippen molar-refractivity contribution in [2.75, 3.05) is 32.0 Å². The fraction of sp³-hybridized carbons (Fsp3) is 0.333. The molecule has 0 saturated carbocycles. The van der Waals surface area contributed by atoms with Gasteiger partial charge in [-0.1, -0.05) is 25.5 Å². The molecule has 1 fully saturated rings. The topological polar surface area (TPSA) is 52.9 Å². The van der Waals surface area contributed by atoms with Gasteiger partial charge in [-0.05, 0) is 108 Å². The predicted octanol–water partition coefficient (Wildman–Crippen LogP) is 7.69. The molecule has 0 bridgehead atoms. The van der Waals surface area contributed by atoms with Crippen molar-refractivity contribution in [1.29, 1.82) is 0 Å². The Hall–Kier alpha value is -2.67. The molecule has 6 heteroatoms. The minimum Gasteiger partial charge on any atom is -0.508 e. The quantitative estimate of drug-likeness (QED) is 0.237. The Morgan fingerprint density at radius 3 is 2.36 bits per heavy atom. The third-order valence-electron chi connectivity index (χ3n) is 6.74. The number of nitrogens with zero attached hydrogens (tertiary/aromatic N) is 1. The van der Waals surface area contributed by atoms with Gasteiger partial charge in [0.15, 0.2) is 0 Å². The van der Waals surface area contributed by atoms with E-state index in [4.69, 9.17) is 4.74 Å². The first-order valence-corrected chi connectivity index (χ1v) is 14.6. The number of phenols is 2. The maximum absolute atomic E-state index is 10.1. The number of aromatic hydroxyl groups is 2. The SMILES string of the molecule is CCSC(c1ccc(OCCN2CCCCC2)cc1)c1c(-c2ccc(O)cc2)sc2cc(O)ccc12. The highest BCUT2D eigenvalue weighted by Gasteiger charge is 2.24. The van der Waals surface area contributed by atoms with Crippen LogP contribution in [0.2, 0.25) is 0 Å². The molecule has 36 heavy (non-hydrogen) atoms. The number of ether oxygens (including phenoxy) is 1. The lowest BCUT2D eigenvalue weighted by atomic mass is 9.98. The molecule has 1 aliphatic rings. The summed E-state index contributed by atoms with van der Waals surface area (Å²) in [6.07, 6.45) is 3.95. The number of phenolic OH excluding ortho intramolecular Hbond substituents is 2. The lowest BCUT2D eigenvalue weighted by Gasteiger charge is -2.26. The van der Waals surface area contributed by atoms with Crippen LogP contribution >= 0.6 is 23.1 Å². The third kappa shape index (κ3) is 5.66. The summed E-state index contributed by atoms with van der Waals surface area (Å²) in [7, 11) is 0. The van der Waals surface area contributed by atoms with Crippen LogP contribution in [-0.2, 0) is 0 Å². The highest BCUT2D eigenvalue weighted by molar-refractivity contribution is 7.99. The van der Waals surface area contributed by atoms with E-state index in [9.17, 15) is 10.2 Å². The normalized spacial score (nSPS) is 15.2. The van der Waals surface area contributed by atoms with E-state index >= 15 is 0 Å². The summed E-state index contributed by atoms with van der Waals surface area (Å²) in [5, 5.41) is 21.3. The molecule has 5 rings (SSSR count). The monoisotopic (exact) mass is 519 g/mol. The number of thiophene rings is 1. The smallest absolute Gasteiger partial charge is 0.119 e. The maximum Gasteiger partial charge on any atom is 0.119 e. The summed E-state index contributed by atoms with van der Waals surface area (Å²) < 4.78 is 7.15. The molecule has 2 heterocycles. The number of rotatable bonds is 9. The number of hydrogen-bond acceptors (Lipinski definition) is 6. The Kier molecular flexibility index (Phi) is 8.05. The van der Waals surface area contributed by atoms with Gasteiger partial charge in [0, 0.05) is 16.1 Å². The zero-order chi connectivity index (χ0) is 24.9. The zero-order valence-corrected chi connectivity index (χ0v) is 22.3. The van der Waals surface area contributed by atoms with E-state index < -0.39 is 0 Å². The van der Waals surface area contributed by atoms with Gasteiger partial charge >= 0.3 is 0 Å². The van der Waals surface area contributed by atoms with Crippen LogP contribution in [-0.4, -0.2) is 47.1 Å². The van der Waals surface area contributed by atoms with E-state index in [-0.39, 0.29) is 16.7 Å². The molecule has 1 atom stereocenters. The minimum atomic E-state index is 0.138. The molecule has 1 aliphatic heterocycles. The summed E-state index contributed by atoms with van der Waals surface area (Å²) in [6.45, 7) is 6.27. The maximum atomic E-state index is 10.1. The molecule has 3 aromatic carbocycles. The van der Waals surface area contributed by atoms with Crippen molar-refractivity contribution in [2.45, 2.75) is 31.4 Å². The molecular weight excluding hydrogens is 486 g/mol. The molecular formula is C30H33NO3S2. The van der Waals surface area contributed by atoms with Gasteiger partial charge in [-0.25, -0.2) is 0 Å². The molecule has 0 spiro atoms. The van der Waals surface area contributed by atoms with Gasteiger partial charge in [-0.15, -0.1) is 23.1 Å². The van der Waals surface area contributed by atoms with Gasteiger partial charge in [0.05, 0.1) is 5.25 Å². The summed E-state index contributed by atoms with van der Waals surface area (Å²) in [5.74, 6) is 2.42. The van der Waals surface area contributed by atoms with Gasteiger partial charge in [-0.2, -0.15) is 0 Å². The standard InChI is InChI=1S/C30H33NO3S2/c1-2-35-29(21-8-13-25(14-9-21)34-19-18-31-16-4-3-5-17-31)28-26-15-12-24(33)20-27(26)36-30(28)22-6-10-23(32)11-7-22/h6-15,20,29,32-33H,2-5,16-19H2,1H3. The van der Waals surface area contributed by atoms with Crippen molar-refractivity contribution in [2.24, 2.45) is 0 Å². The Morgan fingerprint density at radius 1 is 0.917 bits per heavy atom. The van der Waals surface area contributed by atoms with Gasteiger partial charge in [-0.3, -0.25) is 4.90 Å². The highest BCUT2D eigenvalue weighted by Crippen LogP contribution is 2.49. The van der Waals surface area contributed by atoms with Crippen LogP contribution in [0.4, 0.5) is 0 Å². The Balaban J connectivity index is 1.44. The largest absolute Gasteiger partial charge is 0.508 e. The second kappa shape index (κ2) is 11.6. The van der Waals surface area contributed by atoms with E-state index in [0.717, 1.165) is 40.3 Å². The average Bonchev–Trinajstić information content (AvgIpc) is 3.27. The first-order chi connectivity index (χ1) is 17.6. The fourth-order valence-electron chi connectivity index (χ4n) is 4.92. The molecule has 1 saturated heterocycles. The zero-order valence-electron chi connectivity index (χ0n) is 20.7. The van der Waals surface area contributed by atoms with E-state index in [1.807, 2.05) is 36.0 Å². The molecule has 4 aromatic rings. The Labute approximate surface area is 221 Å². The third-order valence-corrected chi connectivity index (χ3v) is 9.14. The van der Waals surface area contributed by atoms with Gasteiger partial charge in [0.1, 0.15) is 23.9 Å². The number of likely N-dealkylation sites (tertiary alicyclic amines) is 1. The number of piperidine rings is 1. The Morgan fingerprint density at radius 2 is 1.64 bits per heavy atom. The van der Waals surface area contributed by atoms with E-state index in [0.29, 0.717) is 0 Å². The molecule has 0 amide bonds. The van der Waals surface area contributed by atoms with Crippen molar-refractivity contribution >= 4 is 33.2 Å². The first-order valence-electron chi connectivity index (χ1n) is 12.7. The van der Waals surface area contributed by atoms with Crippen LogP contribution in [0.3, 0.4) is 0 Å². The number of hydrogen-bond donors (Lipinski definition) is 2. The van der Waals surface area contributed by atoms with Gasteiger partial charge in [0.25, 0.3) is 0 Å². The van der Waals surface area contributed by atoms with E-state index in [2.05, 4.69) is 36.1 Å². The number of thioether (sulfide) groups is 1. The minimum absolute atomic E-state index is 0.138. The molecule has 1 aromatic heterocycles. The lowest BCUT2D eigenvalue weighted by Crippen LogP contribution is -2.33. The number of benzene rings is 3. The second-order valence-corrected chi connectivity index (χ2v) is 11.7. The van der Waals surface area contributed by atoms with Crippen LogP contribution in [0.15, 0.2) is 66.7 Å². The van der Waals surface area contributed by atoms with Gasteiger partial charge in [0.2, 0.25) is 0 Å². The van der Waals surface area contributed by atoms with Crippen molar-refractivity contribution in [3.8, 4) is 27.7 Å². The van der Waals surface area contributed by atoms with Crippen molar-refractivity contribution < 1.29 is 14.9 Å². The summed E-state index contributed by atoms with van der Waals surface area (Å²) in [6, 6.07) is 21.6. The summed E-state index contributed by atoms with van der Waals surface area (Å²) in [4.78, 5) is 3.67. The van der Waals surface area contributed by atoms with Crippen LogP contribution in [0.1, 0.15) is 42.6 Å². The van der Waals surface area contributed by atoms with E-state index in [1.165, 1.54) is 48.4 Å². The first kappa shape index (κ1) is 25.0. The van der Waals surface area contributed by atoms with Crippen molar-refractivity contribution in [3.05, 3.63) is 77.9 Å². The van der Waals surface area contributed by atoms with Crippen LogP contribution in [0.5, 0.6) is 17.2 Å². The lowest BCUT2D eigenvalue weighted by molar-refractivity contribution is 0.183. The molecule has 2 N–H and O–H groups in total. The van der Waals surface area contributed by atoms with Gasteiger partial charge < -0.3 is 14.9 Å². The number of fused-ring (bicyclic) bond motifs is 1. The summed E-state index contributed by atoms with van der Waals surface area (Å²) in [5.41, 5.74) is 3.56. The van der Waals surface area contributed by atoms with Crippen molar-refractivity contribution in [3.63, 3.8) is 0 Å². The molecule has 1 unspecified atom stereocenters. The fourth-order valence-corrected chi connectivity index (χ4v) is 7.37. The Bertz CT molecular complexity index is 1280. The molecule has 4 nitrogen and oxygen atoms in total. The highest BCUT2D eigenvalue weighted by atomic mass is 32.2. The van der Waals surface area contributed by atoms with Crippen LogP contribution in [0.25, 0.3) is 20.5 Å². The van der Waals surface area contributed by atoms with Crippen molar-refractivity contribution in [1.82, 2.24) is 4.90 Å². The molecule has 188 valence electrons. The van der Waals surface area contributed by atoms with Crippen LogP contribution < -0.4 is 4.74 Å². The average molecular weight is 520 g/mol. The summed E-state index contributed by atoms with van der Waals surface area (Å²) >= 11 is 3.60. The second-order valence-electron chi connectivity index (χ2n) is 9.23. The predicted molar refractivity (Wildman–Crippen MR) is 153 cm³/mol. The van der Waals surface area contributed by atoms with Crippen LogP contribution in [0, 0.1) is 0 Å². The van der Waals surface area contributed by atoms with E-state index in [1.54, 1.807) is 29.5 Å². The molecule has 0 radical (unpaired) electrons.